The van der Waals surface area contributed by atoms with E-state index in [0.29, 0.717) is 27.9 Å². The summed E-state index contributed by atoms with van der Waals surface area (Å²) in [6.07, 6.45) is 0. The fourth-order valence-electron chi connectivity index (χ4n) is 3.42. The number of hydrogen-bond acceptors (Lipinski definition) is 5. The van der Waals surface area contributed by atoms with Crippen LogP contribution in [0.15, 0.2) is 71.1 Å². The summed E-state index contributed by atoms with van der Waals surface area (Å²) in [4.78, 5) is 17.7. The van der Waals surface area contributed by atoms with Gasteiger partial charge < -0.3 is 8.72 Å². The van der Waals surface area contributed by atoms with Gasteiger partial charge in [-0.3, -0.25) is 9.63 Å². The van der Waals surface area contributed by atoms with E-state index in [4.69, 9.17) is 9.25 Å². The van der Waals surface area contributed by atoms with E-state index in [0.717, 1.165) is 16.8 Å². The van der Waals surface area contributed by atoms with E-state index in [1.807, 2.05) is 49.5 Å². The zero-order valence-corrected chi connectivity index (χ0v) is 17.2. The standard InChI is InChI=1S/C23H19FN2O3S/c1-26(30)19-13-20-18(12-17(19)14-6-4-3-5-7-14)21(23(27)25-28-2)22(29-20)15-8-10-16(24)11-9-15/h3-13,30H,1-2H3,(H,25,27). The Morgan fingerprint density at radius 1 is 1.07 bits per heavy atom. The third-order valence-corrected chi connectivity index (χ3v) is 4.98. The molecule has 0 unspecified atom stereocenters. The molecule has 1 aromatic heterocycles. The fraction of sp³-hybridized carbons (Fsp3) is 0.0870. The number of hydroxylamine groups is 1. The van der Waals surface area contributed by atoms with Gasteiger partial charge in [0.1, 0.15) is 17.2 Å². The van der Waals surface area contributed by atoms with Crippen molar-refractivity contribution in [2.45, 2.75) is 0 Å². The number of furan rings is 1. The van der Waals surface area contributed by atoms with Gasteiger partial charge in [-0.2, -0.15) is 0 Å². The Hall–Kier alpha value is -3.29. The first-order valence-corrected chi connectivity index (χ1v) is 9.57. The van der Waals surface area contributed by atoms with Crippen molar-refractivity contribution in [2.75, 3.05) is 18.5 Å². The molecule has 0 saturated carbocycles. The number of nitrogens with one attached hydrogen (secondary N) is 1. The third kappa shape index (κ3) is 3.65. The molecule has 152 valence electrons. The van der Waals surface area contributed by atoms with Crippen LogP contribution in [0.2, 0.25) is 0 Å². The van der Waals surface area contributed by atoms with E-state index in [9.17, 15) is 9.18 Å². The van der Waals surface area contributed by atoms with Gasteiger partial charge >= 0.3 is 0 Å². The Kier molecular flexibility index (Phi) is 5.48. The molecule has 4 rings (SSSR count). The van der Waals surface area contributed by atoms with Crippen molar-refractivity contribution in [1.29, 1.82) is 0 Å². The number of thiol groups is 1. The van der Waals surface area contributed by atoms with Crippen LogP contribution in [0.25, 0.3) is 33.4 Å². The monoisotopic (exact) mass is 422 g/mol. The lowest BCUT2D eigenvalue weighted by molar-refractivity contribution is 0.0539. The molecule has 1 heterocycles. The van der Waals surface area contributed by atoms with Crippen LogP contribution in [0, 0.1) is 5.82 Å². The Morgan fingerprint density at radius 3 is 2.40 bits per heavy atom. The predicted molar refractivity (Wildman–Crippen MR) is 119 cm³/mol. The quantitative estimate of drug-likeness (QED) is 0.330. The molecule has 0 bridgehead atoms. The van der Waals surface area contributed by atoms with Gasteiger partial charge in [-0.15, -0.1) is 0 Å². The topological polar surface area (TPSA) is 54.7 Å². The SMILES string of the molecule is CONC(=O)c1c(-c2ccc(F)cc2)oc2cc(N(C)S)c(-c3ccccc3)cc12. The maximum absolute atomic E-state index is 13.4. The van der Waals surface area contributed by atoms with E-state index in [1.54, 1.807) is 16.4 Å². The van der Waals surface area contributed by atoms with Crippen LogP contribution in [-0.2, 0) is 4.84 Å². The number of anilines is 1. The van der Waals surface area contributed by atoms with Gasteiger partial charge in [-0.1, -0.05) is 43.1 Å². The minimum absolute atomic E-state index is 0.309. The Morgan fingerprint density at radius 2 is 1.77 bits per heavy atom. The van der Waals surface area contributed by atoms with E-state index >= 15 is 0 Å². The molecular formula is C23H19FN2O3S. The van der Waals surface area contributed by atoms with Crippen molar-refractivity contribution in [2.24, 2.45) is 0 Å². The van der Waals surface area contributed by atoms with Gasteiger partial charge in [-0.25, -0.2) is 9.87 Å². The number of halogens is 1. The normalized spacial score (nSPS) is 10.9. The number of nitrogens with zero attached hydrogens (tertiary/aromatic N) is 1. The van der Waals surface area contributed by atoms with E-state index in [2.05, 4.69) is 18.3 Å². The molecule has 0 fully saturated rings. The van der Waals surface area contributed by atoms with E-state index < -0.39 is 5.91 Å². The van der Waals surface area contributed by atoms with Crippen molar-refractivity contribution < 1.29 is 18.4 Å². The highest BCUT2D eigenvalue weighted by atomic mass is 32.1. The molecule has 1 N–H and O–H groups in total. The highest BCUT2D eigenvalue weighted by molar-refractivity contribution is 7.81. The maximum Gasteiger partial charge on any atom is 0.279 e. The molecule has 1 amide bonds. The number of benzene rings is 3. The molecule has 0 atom stereocenters. The van der Waals surface area contributed by atoms with Crippen molar-refractivity contribution in [3.05, 3.63) is 78.1 Å². The van der Waals surface area contributed by atoms with E-state index in [1.165, 1.54) is 19.2 Å². The molecular weight excluding hydrogens is 403 g/mol. The molecule has 7 heteroatoms. The Balaban J connectivity index is 2.02. The van der Waals surface area contributed by atoms with Crippen LogP contribution in [0.1, 0.15) is 10.4 Å². The summed E-state index contributed by atoms with van der Waals surface area (Å²) < 4.78 is 21.2. The second-order valence-corrected chi connectivity index (χ2v) is 7.30. The highest BCUT2D eigenvalue weighted by Crippen LogP contribution is 2.41. The summed E-state index contributed by atoms with van der Waals surface area (Å²) in [5.41, 5.74) is 6.43. The number of carbonyl (C=O) groups excluding carboxylic acids is 1. The number of amides is 1. The first kappa shape index (κ1) is 20.0. The number of rotatable bonds is 5. The van der Waals surface area contributed by atoms with Crippen LogP contribution in [0.4, 0.5) is 10.1 Å². The van der Waals surface area contributed by atoms with Gasteiger partial charge in [0.15, 0.2) is 0 Å². The minimum Gasteiger partial charge on any atom is -0.455 e. The first-order chi connectivity index (χ1) is 14.5. The molecule has 0 aliphatic carbocycles. The van der Waals surface area contributed by atoms with Crippen molar-refractivity contribution >= 4 is 35.4 Å². The summed E-state index contributed by atoms with van der Waals surface area (Å²) >= 11 is 4.47. The van der Waals surface area contributed by atoms with Gasteiger partial charge in [0.25, 0.3) is 5.91 Å². The molecule has 5 nitrogen and oxygen atoms in total. The van der Waals surface area contributed by atoms with Gasteiger partial charge in [0.05, 0.1) is 18.4 Å². The van der Waals surface area contributed by atoms with Crippen LogP contribution in [0.5, 0.6) is 0 Å². The highest BCUT2D eigenvalue weighted by Gasteiger charge is 2.24. The van der Waals surface area contributed by atoms with Crippen molar-refractivity contribution in [3.63, 3.8) is 0 Å². The molecule has 0 aliphatic rings. The summed E-state index contributed by atoms with van der Waals surface area (Å²) in [6.45, 7) is 0. The van der Waals surface area contributed by atoms with E-state index in [-0.39, 0.29) is 5.82 Å². The lowest BCUT2D eigenvalue weighted by Gasteiger charge is -2.16. The van der Waals surface area contributed by atoms with Crippen LogP contribution < -0.4 is 9.79 Å². The summed E-state index contributed by atoms with van der Waals surface area (Å²) in [6, 6.07) is 19.3. The molecule has 0 aliphatic heterocycles. The fourth-order valence-corrected chi connectivity index (χ4v) is 3.59. The summed E-state index contributed by atoms with van der Waals surface area (Å²) in [5, 5.41) is 0.613. The molecule has 30 heavy (non-hydrogen) atoms. The van der Waals surface area contributed by atoms with Crippen molar-refractivity contribution in [3.8, 4) is 22.5 Å². The molecule has 0 spiro atoms. The first-order valence-electron chi connectivity index (χ1n) is 9.17. The van der Waals surface area contributed by atoms with Gasteiger partial charge in [0.2, 0.25) is 0 Å². The van der Waals surface area contributed by atoms with Crippen molar-refractivity contribution in [1.82, 2.24) is 5.48 Å². The minimum atomic E-state index is -0.457. The largest absolute Gasteiger partial charge is 0.455 e. The lowest BCUT2D eigenvalue weighted by atomic mass is 9.98. The maximum atomic E-state index is 13.4. The average molecular weight is 422 g/mol. The number of hydrogen-bond donors (Lipinski definition) is 2. The third-order valence-electron chi connectivity index (χ3n) is 4.77. The van der Waals surface area contributed by atoms with Gasteiger partial charge in [0, 0.05) is 29.6 Å². The Bertz CT molecular complexity index is 1200. The second kappa shape index (κ2) is 8.22. The average Bonchev–Trinajstić information content (AvgIpc) is 3.12. The lowest BCUT2D eigenvalue weighted by Crippen LogP contribution is -2.22. The zero-order valence-electron chi connectivity index (χ0n) is 16.3. The molecule has 0 saturated heterocycles. The zero-order chi connectivity index (χ0) is 21.3. The molecule has 3 aromatic carbocycles. The van der Waals surface area contributed by atoms with Crippen LogP contribution in [-0.4, -0.2) is 20.1 Å². The Labute approximate surface area is 178 Å². The van der Waals surface area contributed by atoms with Gasteiger partial charge in [-0.05, 0) is 35.9 Å². The summed E-state index contributed by atoms with van der Waals surface area (Å²) in [7, 11) is 3.18. The van der Waals surface area contributed by atoms with Crippen LogP contribution in [0.3, 0.4) is 0 Å². The van der Waals surface area contributed by atoms with Crippen LogP contribution >= 0.6 is 12.8 Å². The number of carbonyl (C=O) groups is 1. The predicted octanol–water partition coefficient (Wildman–Crippen LogP) is 5.48. The molecule has 0 radical (unpaired) electrons. The second-order valence-electron chi connectivity index (χ2n) is 6.70. The molecule has 4 aromatic rings. The number of fused-ring (bicyclic) bond motifs is 1. The summed E-state index contributed by atoms with van der Waals surface area (Å²) in [5.74, 6) is -0.498. The smallest absolute Gasteiger partial charge is 0.279 e.